The Morgan fingerprint density at radius 3 is 2.69 bits per heavy atom. The van der Waals surface area contributed by atoms with E-state index in [0.717, 1.165) is 29.0 Å². The van der Waals surface area contributed by atoms with Gasteiger partial charge in [-0.25, -0.2) is 4.68 Å². The molecule has 1 N–H and O–H groups in total. The van der Waals surface area contributed by atoms with E-state index in [1.807, 2.05) is 42.8 Å². The summed E-state index contributed by atoms with van der Waals surface area (Å²) in [6, 6.07) is 7.67. The van der Waals surface area contributed by atoms with E-state index in [1.165, 1.54) is 0 Å². The molecule has 1 aromatic heterocycles. The summed E-state index contributed by atoms with van der Waals surface area (Å²) >= 11 is 0. The molecule has 6 heteroatoms. The molecule has 2 heterocycles. The molecule has 2 aliphatic rings. The van der Waals surface area contributed by atoms with Gasteiger partial charge in [-0.15, -0.1) is 0 Å². The first kappa shape index (κ1) is 16.8. The fourth-order valence-corrected chi connectivity index (χ4v) is 3.94. The molecule has 2 aromatic rings. The maximum Gasteiger partial charge on any atom is 0.226 e. The predicted octanol–water partition coefficient (Wildman–Crippen LogP) is 3.64. The standard InChI is InChI=1S/C20H24N4O2/c1-5-26-14-8-6-13(7-9-14)18-17-15(10-20(3,4)11-16(17)25)22-19-21-12(2)23-24(18)19/h6-9,18H,5,10-11H2,1-4H3,(H,21,22,23). The highest BCUT2D eigenvalue weighted by Gasteiger charge is 2.41. The number of carbonyl (C=O) groups is 1. The van der Waals surface area contributed by atoms with Gasteiger partial charge in [-0.1, -0.05) is 26.0 Å². The maximum atomic E-state index is 13.0. The van der Waals surface area contributed by atoms with Crippen LogP contribution in [-0.2, 0) is 4.79 Å². The molecular weight excluding hydrogens is 328 g/mol. The molecule has 136 valence electrons. The average Bonchev–Trinajstić information content (AvgIpc) is 2.92. The van der Waals surface area contributed by atoms with Gasteiger partial charge in [0, 0.05) is 17.7 Å². The van der Waals surface area contributed by atoms with Crippen LogP contribution in [0.5, 0.6) is 5.75 Å². The number of allylic oxidation sites excluding steroid dienone is 2. The van der Waals surface area contributed by atoms with Crippen molar-refractivity contribution in [1.82, 2.24) is 14.8 Å². The number of ether oxygens (including phenoxy) is 1. The molecule has 1 aromatic carbocycles. The van der Waals surface area contributed by atoms with Crippen LogP contribution < -0.4 is 10.1 Å². The van der Waals surface area contributed by atoms with Crippen molar-refractivity contribution in [2.45, 2.75) is 46.6 Å². The summed E-state index contributed by atoms with van der Waals surface area (Å²) < 4.78 is 7.38. The number of hydrogen-bond donors (Lipinski definition) is 1. The number of carbonyl (C=O) groups excluding carboxylic acids is 1. The summed E-state index contributed by atoms with van der Waals surface area (Å²) in [6.07, 6.45) is 1.37. The van der Waals surface area contributed by atoms with E-state index >= 15 is 0 Å². The number of nitrogens with one attached hydrogen (secondary N) is 1. The van der Waals surface area contributed by atoms with Gasteiger partial charge in [-0.3, -0.25) is 4.79 Å². The van der Waals surface area contributed by atoms with E-state index in [4.69, 9.17) is 4.74 Å². The smallest absolute Gasteiger partial charge is 0.226 e. The van der Waals surface area contributed by atoms with Gasteiger partial charge in [0.05, 0.1) is 6.61 Å². The molecule has 6 nitrogen and oxygen atoms in total. The van der Waals surface area contributed by atoms with Gasteiger partial charge in [-0.05, 0) is 43.4 Å². The zero-order valence-corrected chi connectivity index (χ0v) is 15.7. The first-order valence-electron chi connectivity index (χ1n) is 9.07. The Morgan fingerprint density at radius 1 is 1.27 bits per heavy atom. The van der Waals surface area contributed by atoms with Crippen molar-refractivity contribution in [3.05, 3.63) is 46.9 Å². The fourth-order valence-electron chi connectivity index (χ4n) is 3.94. The lowest BCUT2D eigenvalue weighted by molar-refractivity contribution is -0.118. The van der Waals surface area contributed by atoms with Gasteiger partial charge in [0.25, 0.3) is 0 Å². The summed E-state index contributed by atoms with van der Waals surface area (Å²) in [7, 11) is 0. The SMILES string of the molecule is CCOc1ccc(C2C3=C(CC(C)(C)CC3=O)Nc3nc(C)nn32)cc1. The highest BCUT2D eigenvalue weighted by molar-refractivity contribution is 6.00. The van der Waals surface area contributed by atoms with Crippen molar-refractivity contribution in [1.29, 1.82) is 0 Å². The topological polar surface area (TPSA) is 69.0 Å². The molecule has 4 rings (SSSR count). The molecule has 0 saturated heterocycles. The van der Waals surface area contributed by atoms with Crippen LogP contribution in [0.4, 0.5) is 5.95 Å². The van der Waals surface area contributed by atoms with E-state index in [1.54, 1.807) is 0 Å². The quantitative estimate of drug-likeness (QED) is 0.913. The molecular formula is C20H24N4O2. The number of anilines is 1. The summed E-state index contributed by atoms with van der Waals surface area (Å²) in [5, 5.41) is 7.92. The lowest BCUT2D eigenvalue weighted by Gasteiger charge is -2.38. The van der Waals surface area contributed by atoms with Crippen molar-refractivity contribution < 1.29 is 9.53 Å². The Kier molecular flexibility index (Phi) is 3.86. The summed E-state index contributed by atoms with van der Waals surface area (Å²) in [5.74, 6) is 2.40. The first-order valence-corrected chi connectivity index (χ1v) is 9.07. The second kappa shape index (κ2) is 5.97. The minimum absolute atomic E-state index is 0.0521. The molecule has 26 heavy (non-hydrogen) atoms. The van der Waals surface area contributed by atoms with E-state index < -0.39 is 0 Å². The number of rotatable bonds is 3. The molecule has 0 amide bonds. The lowest BCUT2D eigenvalue weighted by atomic mass is 9.73. The number of aryl methyl sites for hydroxylation is 1. The van der Waals surface area contributed by atoms with E-state index in [-0.39, 0.29) is 17.2 Å². The molecule has 1 aliphatic heterocycles. The Morgan fingerprint density at radius 2 is 2.00 bits per heavy atom. The average molecular weight is 352 g/mol. The second-order valence-electron chi connectivity index (χ2n) is 7.79. The second-order valence-corrected chi connectivity index (χ2v) is 7.79. The van der Waals surface area contributed by atoms with E-state index in [2.05, 4.69) is 29.2 Å². The molecule has 1 atom stereocenters. The molecule has 0 saturated carbocycles. The molecule has 0 radical (unpaired) electrons. The molecule has 1 aliphatic carbocycles. The normalized spacial score (nSPS) is 21.1. The molecule has 0 fully saturated rings. The lowest BCUT2D eigenvalue weighted by Crippen LogP contribution is -2.36. The minimum atomic E-state index is -0.248. The summed E-state index contributed by atoms with van der Waals surface area (Å²) in [6.45, 7) is 8.72. The van der Waals surface area contributed by atoms with Crippen LogP contribution in [0.15, 0.2) is 35.5 Å². The third-order valence-corrected chi connectivity index (χ3v) is 4.94. The number of benzene rings is 1. The van der Waals surface area contributed by atoms with Crippen LogP contribution in [0.3, 0.4) is 0 Å². The van der Waals surface area contributed by atoms with Crippen molar-refractivity contribution in [2.75, 3.05) is 11.9 Å². The van der Waals surface area contributed by atoms with Gasteiger partial charge in [0.15, 0.2) is 5.78 Å². The van der Waals surface area contributed by atoms with Crippen molar-refractivity contribution in [2.24, 2.45) is 5.41 Å². The largest absolute Gasteiger partial charge is 0.494 e. The van der Waals surface area contributed by atoms with Gasteiger partial charge in [0.1, 0.15) is 17.6 Å². The molecule has 1 unspecified atom stereocenters. The highest BCUT2D eigenvalue weighted by atomic mass is 16.5. The third-order valence-electron chi connectivity index (χ3n) is 4.94. The zero-order valence-electron chi connectivity index (χ0n) is 15.7. The van der Waals surface area contributed by atoms with Crippen LogP contribution >= 0.6 is 0 Å². The highest BCUT2D eigenvalue weighted by Crippen LogP contribution is 2.45. The number of aromatic nitrogens is 3. The fraction of sp³-hybridized carbons (Fsp3) is 0.450. The minimum Gasteiger partial charge on any atom is -0.494 e. The number of fused-ring (bicyclic) bond motifs is 1. The zero-order chi connectivity index (χ0) is 18.5. The third kappa shape index (κ3) is 2.79. The first-order chi connectivity index (χ1) is 12.4. The van der Waals surface area contributed by atoms with Crippen LogP contribution in [0.1, 0.15) is 51.0 Å². The van der Waals surface area contributed by atoms with Gasteiger partial charge >= 0.3 is 0 Å². The van der Waals surface area contributed by atoms with Crippen LogP contribution in [0.2, 0.25) is 0 Å². The number of hydrogen-bond acceptors (Lipinski definition) is 5. The number of ketones is 1. The Bertz CT molecular complexity index is 893. The number of nitrogens with zero attached hydrogens (tertiary/aromatic N) is 3. The van der Waals surface area contributed by atoms with Crippen molar-refractivity contribution in [3.8, 4) is 5.75 Å². The summed E-state index contributed by atoms with van der Waals surface area (Å²) in [5.41, 5.74) is 2.75. The monoisotopic (exact) mass is 352 g/mol. The van der Waals surface area contributed by atoms with Crippen LogP contribution in [-0.4, -0.2) is 27.2 Å². The van der Waals surface area contributed by atoms with E-state index in [9.17, 15) is 4.79 Å². The van der Waals surface area contributed by atoms with Crippen molar-refractivity contribution in [3.63, 3.8) is 0 Å². The molecule has 0 bridgehead atoms. The Hall–Kier alpha value is -2.63. The van der Waals surface area contributed by atoms with E-state index in [0.29, 0.717) is 24.8 Å². The van der Waals surface area contributed by atoms with Gasteiger partial charge < -0.3 is 10.1 Å². The predicted molar refractivity (Wildman–Crippen MR) is 99.2 cm³/mol. The Labute approximate surface area is 153 Å². The van der Waals surface area contributed by atoms with Crippen LogP contribution in [0.25, 0.3) is 0 Å². The summed E-state index contributed by atoms with van der Waals surface area (Å²) in [4.78, 5) is 17.5. The van der Waals surface area contributed by atoms with Crippen molar-refractivity contribution >= 4 is 11.7 Å². The van der Waals surface area contributed by atoms with Crippen LogP contribution in [0, 0.1) is 12.3 Å². The van der Waals surface area contributed by atoms with Gasteiger partial charge in [-0.2, -0.15) is 10.1 Å². The Balaban J connectivity index is 1.83. The maximum absolute atomic E-state index is 13.0. The van der Waals surface area contributed by atoms with Gasteiger partial charge in [0.2, 0.25) is 5.95 Å². The molecule has 0 spiro atoms. The number of Topliss-reactive ketones (excluding diaryl/α,β-unsaturated/α-hetero) is 1.